The minimum absolute atomic E-state index is 0.159. The number of benzene rings is 3. The highest BCUT2D eigenvalue weighted by Crippen LogP contribution is 2.38. The zero-order chi connectivity index (χ0) is 18.8. The Labute approximate surface area is 158 Å². The van der Waals surface area contributed by atoms with Gasteiger partial charge < -0.3 is 14.2 Å². The van der Waals surface area contributed by atoms with Crippen molar-refractivity contribution in [2.24, 2.45) is 0 Å². The summed E-state index contributed by atoms with van der Waals surface area (Å²) < 4.78 is 15.8. The number of carbonyl (C=O) groups excluding carboxylic acids is 1. The van der Waals surface area contributed by atoms with Gasteiger partial charge in [-0.15, -0.1) is 0 Å². The molecule has 0 heterocycles. The highest BCUT2D eigenvalue weighted by molar-refractivity contribution is 5.78. The van der Waals surface area contributed by atoms with Crippen LogP contribution in [0.15, 0.2) is 60.7 Å². The summed E-state index contributed by atoms with van der Waals surface area (Å²) in [5.74, 6) is 0.911. The van der Waals surface area contributed by atoms with Gasteiger partial charge in [0.05, 0.1) is 7.11 Å². The maximum atomic E-state index is 12.1. The predicted octanol–water partition coefficient (Wildman–Crippen LogP) is 5.16. The number of hydrogen-bond donors (Lipinski definition) is 0. The molecule has 1 radical (unpaired) electrons. The molecule has 0 unspecified atom stereocenters. The normalized spacial score (nSPS) is 11.5. The van der Waals surface area contributed by atoms with E-state index in [1.54, 1.807) is 25.3 Å². The Balaban J connectivity index is 1.47. The van der Waals surface area contributed by atoms with Crippen molar-refractivity contribution in [3.05, 3.63) is 89.8 Å². The van der Waals surface area contributed by atoms with Crippen LogP contribution in [0.5, 0.6) is 11.5 Å². The van der Waals surface area contributed by atoms with Gasteiger partial charge in [0.25, 0.3) is 0 Å². The number of methoxy groups -OCH3 is 1. The van der Waals surface area contributed by atoms with E-state index in [0.717, 1.165) is 12.0 Å². The third-order valence-corrected chi connectivity index (χ3v) is 4.76. The highest BCUT2D eigenvalue weighted by atomic mass is 16.7. The van der Waals surface area contributed by atoms with Crippen LogP contribution in [0.3, 0.4) is 0 Å². The Morgan fingerprint density at radius 2 is 1.85 bits per heavy atom. The van der Waals surface area contributed by atoms with Crippen LogP contribution in [0, 0.1) is 6.92 Å². The molecule has 0 amide bonds. The van der Waals surface area contributed by atoms with Crippen molar-refractivity contribution in [2.75, 3.05) is 7.11 Å². The van der Waals surface area contributed by atoms with Gasteiger partial charge in [0.15, 0.2) is 0 Å². The lowest BCUT2D eigenvalue weighted by molar-refractivity contribution is 0.0924. The van der Waals surface area contributed by atoms with E-state index < -0.39 is 6.16 Å². The fraction of sp³-hybridized carbons (Fsp3) is 0.130. The summed E-state index contributed by atoms with van der Waals surface area (Å²) in [4.78, 5) is 12.1. The molecule has 0 spiro atoms. The fourth-order valence-corrected chi connectivity index (χ4v) is 3.37. The van der Waals surface area contributed by atoms with Crippen molar-refractivity contribution >= 4 is 6.16 Å². The molecule has 0 atom stereocenters. The smallest absolute Gasteiger partial charge is 0.497 e. The summed E-state index contributed by atoms with van der Waals surface area (Å²) in [7, 11) is 1.55. The first kappa shape index (κ1) is 17.2. The molecule has 1 aliphatic carbocycles. The van der Waals surface area contributed by atoms with E-state index in [2.05, 4.69) is 25.1 Å². The summed E-state index contributed by atoms with van der Waals surface area (Å²) in [6, 6.07) is 19.5. The van der Waals surface area contributed by atoms with Crippen LogP contribution in [0.2, 0.25) is 0 Å². The zero-order valence-electron chi connectivity index (χ0n) is 15.0. The number of rotatable bonds is 4. The summed E-state index contributed by atoms with van der Waals surface area (Å²) in [5.41, 5.74) is 6.51. The Morgan fingerprint density at radius 1 is 1.04 bits per heavy atom. The molecule has 135 valence electrons. The van der Waals surface area contributed by atoms with Crippen LogP contribution in [-0.2, 0) is 17.8 Å². The van der Waals surface area contributed by atoms with Crippen molar-refractivity contribution in [3.8, 4) is 22.6 Å². The lowest BCUT2D eigenvalue weighted by Crippen LogP contribution is -2.12. The van der Waals surface area contributed by atoms with Crippen molar-refractivity contribution in [1.29, 1.82) is 0 Å². The standard InChI is InChI=1S/C23H19O4/c1-15-10-11-18(25-2)13-22(15)27-23(24)26-14-17-7-5-9-20-19-8-4-3-6-16(19)12-21(17)20/h3-11,13H,1,12,14H2,2H3. The van der Waals surface area contributed by atoms with Crippen molar-refractivity contribution < 1.29 is 19.0 Å². The predicted molar refractivity (Wildman–Crippen MR) is 103 cm³/mol. The Hall–Kier alpha value is -3.27. The Morgan fingerprint density at radius 3 is 2.70 bits per heavy atom. The molecule has 1 aliphatic rings. The van der Waals surface area contributed by atoms with E-state index in [1.165, 1.54) is 22.3 Å². The van der Waals surface area contributed by atoms with Gasteiger partial charge in [-0.1, -0.05) is 48.5 Å². The molecular weight excluding hydrogens is 340 g/mol. The second-order valence-corrected chi connectivity index (χ2v) is 6.39. The number of hydrogen-bond acceptors (Lipinski definition) is 4. The van der Waals surface area contributed by atoms with Gasteiger partial charge in [0.1, 0.15) is 18.1 Å². The van der Waals surface area contributed by atoms with Crippen LogP contribution < -0.4 is 9.47 Å². The maximum Gasteiger partial charge on any atom is 0.514 e. The first-order valence-electron chi connectivity index (χ1n) is 8.69. The molecule has 0 N–H and O–H groups in total. The fourth-order valence-electron chi connectivity index (χ4n) is 3.37. The van der Waals surface area contributed by atoms with E-state index in [-0.39, 0.29) is 6.61 Å². The van der Waals surface area contributed by atoms with Gasteiger partial charge in [-0.2, -0.15) is 0 Å². The largest absolute Gasteiger partial charge is 0.514 e. The van der Waals surface area contributed by atoms with Crippen molar-refractivity contribution in [1.82, 2.24) is 0 Å². The van der Waals surface area contributed by atoms with Crippen molar-refractivity contribution in [3.63, 3.8) is 0 Å². The van der Waals surface area contributed by atoms with Crippen LogP contribution in [-0.4, -0.2) is 13.3 Å². The van der Waals surface area contributed by atoms with Crippen LogP contribution in [0.1, 0.15) is 22.3 Å². The average Bonchev–Trinajstić information content (AvgIpc) is 3.07. The van der Waals surface area contributed by atoms with E-state index >= 15 is 0 Å². The minimum Gasteiger partial charge on any atom is -0.497 e. The Kier molecular flexibility index (Phi) is 4.55. The van der Waals surface area contributed by atoms with Gasteiger partial charge in [0, 0.05) is 6.07 Å². The first-order valence-corrected chi connectivity index (χ1v) is 8.69. The molecule has 0 aromatic heterocycles. The van der Waals surface area contributed by atoms with Crippen LogP contribution >= 0.6 is 0 Å². The van der Waals surface area contributed by atoms with Gasteiger partial charge in [-0.3, -0.25) is 0 Å². The molecule has 0 saturated carbocycles. The number of fused-ring (bicyclic) bond motifs is 3. The maximum absolute atomic E-state index is 12.1. The van der Waals surface area contributed by atoms with Gasteiger partial charge >= 0.3 is 6.16 Å². The molecule has 3 aromatic rings. The van der Waals surface area contributed by atoms with E-state index in [1.807, 2.05) is 24.3 Å². The summed E-state index contributed by atoms with van der Waals surface area (Å²) in [6.45, 7) is 4.01. The Bertz CT molecular complexity index is 1010. The molecule has 4 heteroatoms. The van der Waals surface area contributed by atoms with E-state index in [9.17, 15) is 4.79 Å². The summed E-state index contributed by atoms with van der Waals surface area (Å²) >= 11 is 0. The average molecular weight is 359 g/mol. The highest BCUT2D eigenvalue weighted by Gasteiger charge is 2.21. The van der Waals surface area contributed by atoms with E-state index in [0.29, 0.717) is 17.1 Å². The topological polar surface area (TPSA) is 44.8 Å². The van der Waals surface area contributed by atoms with Crippen LogP contribution in [0.4, 0.5) is 4.79 Å². The molecule has 27 heavy (non-hydrogen) atoms. The summed E-state index contributed by atoms with van der Waals surface area (Å²) in [6.07, 6.45) is 0.0835. The molecule has 0 saturated heterocycles. The molecule has 4 rings (SSSR count). The SMILES string of the molecule is [CH2]c1ccc(OC)cc1OC(=O)OCc1cccc2c1Cc1ccccc1-2. The van der Waals surface area contributed by atoms with Gasteiger partial charge in [-0.05, 0) is 52.8 Å². The molecule has 0 aliphatic heterocycles. The summed E-state index contributed by atoms with van der Waals surface area (Å²) in [5, 5.41) is 0. The minimum atomic E-state index is -0.763. The second-order valence-electron chi connectivity index (χ2n) is 6.39. The second kappa shape index (κ2) is 7.16. The first-order chi connectivity index (χ1) is 13.2. The molecular formula is C23H19O4. The molecule has 0 bridgehead atoms. The third kappa shape index (κ3) is 3.38. The lowest BCUT2D eigenvalue weighted by atomic mass is 10.0. The van der Waals surface area contributed by atoms with Gasteiger partial charge in [0.2, 0.25) is 0 Å². The number of carbonyl (C=O) groups is 1. The van der Waals surface area contributed by atoms with Crippen molar-refractivity contribution in [2.45, 2.75) is 13.0 Å². The van der Waals surface area contributed by atoms with E-state index in [4.69, 9.17) is 14.2 Å². The third-order valence-electron chi connectivity index (χ3n) is 4.76. The van der Waals surface area contributed by atoms with Gasteiger partial charge in [-0.25, -0.2) is 4.79 Å². The monoisotopic (exact) mass is 359 g/mol. The molecule has 3 aromatic carbocycles. The lowest BCUT2D eigenvalue weighted by Gasteiger charge is -2.11. The molecule has 0 fully saturated rings. The quantitative estimate of drug-likeness (QED) is 0.373. The number of ether oxygens (including phenoxy) is 3. The zero-order valence-corrected chi connectivity index (χ0v) is 15.0. The molecule has 4 nitrogen and oxygen atoms in total. The van der Waals surface area contributed by atoms with Crippen LogP contribution in [0.25, 0.3) is 11.1 Å².